The molecule has 2 rings (SSSR count). The van der Waals surface area contributed by atoms with E-state index < -0.39 is 0 Å². The molecular formula is C18H22N2O2S. The lowest BCUT2D eigenvalue weighted by Gasteiger charge is -2.14. The average Bonchev–Trinajstić information content (AvgIpc) is 2.56. The molecular weight excluding hydrogens is 308 g/mol. The number of aryl methyl sites for hydroxylation is 1. The van der Waals surface area contributed by atoms with Crippen LogP contribution in [-0.2, 0) is 0 Å². The fraction of sp³-hybridized carbons (Fsp3) is 0.278. The van der Waals surface area contributed by atoms with Gasteiger partial charge in [0, 0.05) is 5.69 Å². The minimum atomic E-state index is 0.495. The monoisotopic (exact) mass is 330 g/mol. The molecule has 0 spiro atoms. The quantitative estimate of drug-likeness (QED) is 0.625. The Hall–Kier alpha value is -2.27. The highest BCUT2D eigenvalue weighted by Crippen LogP contribution is 2.25. The summed E-state index contributed by atoms with van der Waals surface area (Å²) >= 11 is 5.32. The maximum absolute atomic E-state index is 5.70. The Kier molecular flexibility index (Phi) is 6.23. The van der Waals surface area contributed by atoms with Crippen LogP contribution in [0.4, 0.5) is 5.69 Å². The SMILES string of the molecule is COc1ccccc1OCCNC(=S)Nc1cccc(C)c1C. The molecule has 2 aromatic rings. The summed E-state index contributed by atoms with van der Waals surface area (Å²) in [5.74, 6) is 1.45. The van der Waals surface area contributed by atoms with Crippen LogP contribution in [0.2, 0.25) is 0 Å². The first kappa shape index (κ1) is 17.1. The average molecular weight is 330 g/mol. The van der Waals surface area contributed by atoms with E-state index in [0.717, 1.165) is 17.2 Å². The van der Waals surface area contributed by atoms with E-state index in [0.29, 0.717) is 18.3 Å². The van der Waals surface area contributed by atoms with Crippen LogP contribution in [0, 0.1) is 13.8 Å². The first-order chi connectivity index (χ1) is 11.1. The first-order valence-corrected chi connectivity index (χ1v) is 7.89. The molecule has 0 amide bonds. The number of rotatable bonds is 6. The standard InChI is InChI=1S/C18H22N2O2S/c1-13-7-6-8-15(14(13)2)20-18(23)19-11-12-22-17-10-5-4-9-16(17)21-3/h4-10H,11-12H2,1-3H3,(H2,19,20,23). The fourth-order valence-corrected chi connectivity index (χ4v) is 2.33. The van der Waals surface area contributed by atoms with E-state index in [1.54, 1.807) is 7.11 Å². The largest absolute Gasteiger partial charge is 0.493 e. The zero-order chi connectivity index (χ0) is 16.7. The van der Waals surface area contributed by atoms with Gasteiger partial charge in [-0.3, -0.25) is 0 Å². The third-order valence-corrected chi connectivity index (χ3v) is 3.81. The molecule has 122 valence electrons. The number of anilines is 1. The van der Waals surface area contributed by atoms with E-state index in [1.165, 1.54) is 11.1 Å². The lowest BCUT2D eigenvalue weighted by Crippen LogP contribution is -2.32. The zero-order valence-corrected chi connectivity index (χ0v) is 14.5. The molecule has 0 aliphatic rings. The number of methoxy groups -OCH3 is 1. The zero-order valence-electron chi connectivity index (χ0n) is 13.7. The van der Waals surface area contributed by atoms with Gasteiger partial charge in [0.2, 0.25) is 0 Å². The maximum Gasteiger partial charge on any atom is 0.170 e. The molecule has 0 aliphatic carbocycles. The number of nitrogens with one attached hydrogen (secondary N) is 2. The van der Waals surface area contributed by atoms with Crippen LogP contribution in [-0.4, -0.2) is 25.4 Å². The van der Waals surface area contributed by atoms with Crippen molar-refractivity contribution in [1.82, 2.24) is 5.32 Å². The second kappa shape index (κ2) is 8.39. The van der Waals surface area contributed by atoms with Gasteiger partial charge >= 0.3 is 0 Å². The Balaban J connectivity index is 1.78. The lowest BCUT2D eigenvalue weighted by atomic mass is 10.1. The number of hydrogen-bond donors (Lipinski definition) is 2. The van der Waals surface area contributed by atoms with Gasteiger partial charge in [-0.1, -0.05) is 24.3 Å². The second-order valence-corrected chi connectivity index (χ2v) is 5.54. The smallest absolute Gasteiger partial charge is 0.170 e. The van der Waals surface area contributed by atoms with Gasteiger partial charge < -0.3 is 20.1 Å². The van der Waals surface area contributed by atoms with E-state index in [2.05, 4.69) is 30.5 Å². The third-order valence-electron chi connectivity index (χ3n) is 3.57. The van der Waals surface area contributed by atoms with Crippen molar-refractivity contribution >= 4 is 23.0 Å². The van der Waals surface area contributed by atoms with Crippen molar-refractivity contribution in [2.24, 2.45) is 0 Å². The summed E-state index contributed by atoms with van der Waals surface area (Å²) in [6.45, 7) is 5.26. The molecule has 0 heterocycles. The Morgan fingerprint density at radius 3 is 2.52 bits per heavy atom. The molecule has 0 atom stereocenters. The summed E-state index contributed by atoms with van der Waals surface area (Å²) in [4.78, 5) is 0. The van der Waals surface area contributed by atoms with Crippen molar-refractivity contribution in [2.75, 3.05) is 25.6 Å². The Labute approximate surface area is 142 Å². The van der Waals surface area contributed by atoms with E-state index in [1.807, 2.05) is 36.4 Å². The highest BCUT2D eigenvalue weighted by atomic mass is 32.1. The molecule has 5 heteroatoms. The van der Waals surface area contributed by atoms with Crippen molar-refractivity contribution in [3.8, 4) is 11.5 Å². The number of benzene rings is 2. The number of thiocarbonyl (C=S) groups is 1. The molecule has 0 radical (unpaired) electrons. The van der Waals surface area contributed by atoms with E-state index in [4.69, 9.17) is 21.7 Å². The van der Waals surface area contributed by atoms with Crippen molar-refractivity contribution in [2.45, 2.75) is 13.8 Å². The van der Waals surface area contributed by atoms with Crippen LogP contribution >= 0.6 is 12.2 Å². The summed E-state index contributed by atoms with van der Waals surface area (Å²) < 4.78 is 10.9. The summed E-state index contributed by atoms with van der Waals surface area (Å²) in [7, 11) is 1.63. The predicted octanol–water partition coefficient (Wildman–Crippen LogP) is 3.68. The topological polar surface area (TPSA) is 42.5 Å². The van der Waals surface area contributed by atoms with Gasteiger partial charge in [-0.2, -0.15) is 0 Å². The molecule has 0 saturated heterocycles. The molecule has 4 nitrogen and oxygen atoms in total. The van der Waals surface area contributed by atoms with Crippen LogP contribution < -0.4 is 20.1 Å². The van der Waals surface area contributed by atoms with E-state index >= 15 is 0 Å². The highest BCUT2D eigenvalue weighted by molar-refractivity contribution is 7.80. The van der Waals surface area contributed by atoms with Gasteiger partial charge in [0.1, 0.15) is 6.61 Å². The van der Waals surface area contributed by atoms with Gasteiger partial charge in [-0.05, 0) is 55.4 Å². The molecule has 0 saturated carbocycles. The third kappa shape index (κ3) is 4.86. The van der Waals surface area contributed by atoms with Crippen molar-refractivity contribution in [3.05, 3.63) is 53.6 Å². The van der Waals surface area contributed by atoms with Crippen molar-refractivity contribution < 1.29 is 9.47 Å². The Morgan fingerprint density at radius 1 is 1.04 bits per heavy atom. The Bertz CT molecular complexity index is 674. The molecule has 2 N–H and O–H groups in total. The first-order valence-electron chi connectivity index (χ1n) is 7.48. The minimum Gasteiger partial charge on any atom is -0.493 e. The Morgan fingerprint density at radius 2 is 1.78 bits per heavy atom. The number of hydrogen-bond acceptors (Lipinski definition) is 3. The second-order valence-electron chi connectivity index (χ2n) is 5.13. The minimum absolute atomic E-state index is 0.495. The van der Waals surface area contributed by atoms with Gasteiger partial charge in [-0.15, -0.1) is 0 Å². The maximum atomic E-state index is 5.70. The number of ether oxygens (including phenoxy) is 2. The molecule has 0 aromatic heterocycles. The summed E-state index contributed by atoms with van der Waals surface area (Å²) in [5.41, 5.74) is 3.45. The fourth-order valence-electron chi connectivity index (χ4n) is 2.12. The molecule has 23 heavy (non-hydrogen) atoms. The molecule has 0 aliphatic heterocycles. The van der Waals surface area contributed by atoms with Crippen molar-refractivity contribution in [3.63, 3.8) is 0 Å². The molecule has 0 unspecified atom stereocenters. The van der Waals surface area contributed by atoms with E-state index in [9.17, 15) is 0 Å². The van der Waals surface area contributed by atoms with Gasteiger partial charge in [0.05, 0.1) is 13.7 Å². The lowest BCUT2D eigenvalue weighted by molar-refractivity contribution is 0.298. The predicted molar refractivity (Wildman–Crippen MR) is 98.6 cm³/mol. The molecule has 2 aromatic carbocycles. The van der Waals surface area contributed by atoms with Gasteiger partial charge in [0.25, 0.3) is 0 Å². The van der Waals surface area contributed by atoms with Gasteiger partial charge in [0.15, 0.2) is 16.6 Å². The summed E-state index contributed by atoms with van der Waals surface area (Å²) in [6.07, 6.45) is 0. The van der Waals surface area contributed by atoms with Crippen LogP contribution in [0.15, 0.2) is 42.5 Å². The highest BCUT2D eigenvalue weighted by Gasteiger charge is 2.04. The molecule has 0 bridgehead atoms. The normalized spacial score (nSPS) is 10.0. The number of para-hydroxylation sites is 2. The van der Waals surface area contributed by atoms with Crippen LogP contribution in [0.25, 0.3) is 0 Å². The van der Waals surface area contributed by atoms with E-state index in [-0.39, 0.29) is 0 Å². The van der Waals surface area contributed by atoms with Crippen molar-refractivity contribution in [1.29, 1.82) is 0 Å². The van der Waals surface area contributed by atoms with Crippen LogP contribution in [0.3, 0.4) is 0 Å². The summed E-state index contributed by atoms with van der Waals surface area (Å²) in [6, 6.07) is 13.7. The van der Waals surface area contributed by atoms with Gasteiger partial charge in [-0.25, -0.2) is 0 Å². The summed E-state index contributed by atoms with van der Waals surface area (Å²) in [5, 5.41) is 6.94. The van der Waals surface area contributed by atoms with Crippen LogP contribution in [0.5, 0.6) is 11.5 Å². The molecule has 0 fully saturated rings. The van der Waals surface area contributed by atoms with Crippen LogP contribution in [0.1, 0.15) is 11.1 Å².